The summed E-state index contributed by atoms with van der Waals surface area (Å²) in [5.41, 5.74) is 0.398. The van der Waals surface area contributed by atoms with E-state index in [4.69, 9.17) is 4.74 Å². The fourth-order valence-corrected chi connectivity index (χ4v) is 1.58. The van der Waals surface area contributed by atoms with Crippen molar-refractivity contribution >= 4 is 0 Å². The Kier molecular flexibility index (Phi) is 3.47. The lowest BCUT2D eigenvalue weighted by Gasteiger charge is -2.12. The van der Waals surface area contributed by atoms with Crippen LogP contribution in [0.3, 0.4) is 0 Å². The van der Waals surface area contributed by atoms with Gasteiger partial charge in [-0.2, -0.15) is 0 Å². The zero-order valence-corrected chi connectivity index (χ0v) is 9.96. The highest BCUT2D eigenvalue weighted by atomic mass is 19.1. The van der Waals surface area contributed by atoms with E-state index in [-0.39, 0.29) is 11.4 Å². The van der Waals surface area contributed by atoms with E-state index in [0.717, 1.165) is 0 Å². The predicted octanol–water partition coefficient (Wildman–Crippen LogP) is 1.41. The Labute approximate surface area is 103 Å². The summed E-state index contributed by atoms with van der Waals surface area (Å²) >= 11 is 0. The van der Waals surface area contributed by atoms with Crippen molar-refractivity contribution in [2.24, 2.45) is 0 Å². The van der Waals surface area contributed by atoms with Gasteiger partial charge in [-0.3, -0.25) is 0 Å². The molecule has 2 heterocycles. The van der Waals surface area contributed by atoms with Crippen LogP contribution in [0.5, 0.6) is 5.88 Å². The number of ether oxygens (including phenoxy) is 1. The van der Waals surface area contributed by atoms with Crippen molar-refractivity contribution in [3.05, 3.63) is 47.4 Å². The highest BCUT2D eigenvalue weighted by Crippen LogP contribution is 2.26. The summed E-state index contributed by atoms with van der Waals surface area (Å²) in [6.07, 6.45) is 1.70. The highest BCUT2D eigenvalue weighted by molar-refractivity contribution is 5.30. The number of halogens is 1. The summed E-state index contributed by atoms with van der Waals surface area (Å²) in [7, 11) is 1.32. The molecule has 0 saturated heterocycles. The van der Waals surface area contributed by atoms with Gasteiger partial charge in [-0.25, -0.2) is 19.3 Å². The minimum Gasteiger partial charge on any atom is -0.479 e. The predicted molar refractivity (Wildman–Crippen MR) is 61.6 cm³/mol. The number of nitrogens with zero attached hydrogens (tertiary/aromatic N) is 3. The molecule has 0 fully saturated rings. The van der Waals surface area contributed by atoms with Crippen molar-refractivity contribution in [1.29, 1.82) is 0 Å². The molecule has 0 saturated carbocycles. The molecule has 1 N–H and O–H groups in total. The smallest absolute Gasteiger partial charge is 0.250 e. The number of aliphatic hydroxyl groups excluding tert-OH is 1. The average Bonchev–Trinajstić information content (AvgIpc) is 2.38. The third-order valence-corrected chi connectivity index (χ3v) is 2.45. The maximum atomic E-state index is 13.9. The largest absolute Gasteiger partial charge is 0.479 e. The SMILES string of the molecule is COc1nccc(C(O)c2ccnc(C)n2)c1F. The van der Waals surface area contributed by atoms with Crippen molar-refractivity contribution in [3.8, 4) is 5.88 Å². The molecule has 0 radical (unpaired) electrons. The van der Waals surface area contributed by atoms with E-state index < -0.39 is 11.9 Å². The molecular formula is C12H12FN3O2. The van der Waals surface area contributed by atoms with Gasteiger partial charge >= 0.3 is 0 Å². The number of methoxy groups -OCH3 is 1. The minimum atomic E-state index is -1.18. The molecule has 5 nitrogen and oxygen atoms in total. The van der Waals surface area contributed by atoms with Crippen molar-refractivity contribution in [2.45, 2.75) is 13.0 Å². The molecule has 2 rings (SSSR count). The van der Waals surface area contributed by atoms with Gasteiger partial charge < -0.3 is 9.84 Å². The van der Waals surface area contributed by atoms with Gasteiger partial charge in [0, 0.05) is 18.0 Å². The number of pyridine rings is 1. The first-order valence-corrected chi connectivity index (χ1v) is 5.29. The summed E-state index contributed by atoms with van der Waals surface area (Å²) in [4.78, 5) is 11.7. The average molecular weight is 249 g/mol. The van der Waals surface area contributed by atoms with Crippen molar-refractivity contribution in [2.75, 3.05) is 7.11 Å². The molecule has 94 valence electrons. The van der Waals surface area contributed by atoms with Crippen LogP contribution in [0.15, 0.2) is 24.5 Å². The van der Waals surface area contributed by atoms with Gasteiger partial charge in [-0.1, -0.05) is 0 Å². The Morgan fingerprint density at radius 1 is 1.28 bits per heavy atom. The molecule has 0 aromatic carbocycles. The van der Waals surface area contributed by atoms with Crippen LogP contribution >= 0.6 is 0 Å². The second kappa shape index (κ2) is 5.05. The van der Waals surface area contributed by atoms with E-state index in [0.29, 0.717) is 11.5 Å². The third-order valence-electron chi connectivity index (χ3n) is 2.45. The topological polar surface area (TPSA) is 68.1 Å². The van der Waals surface area contributed by atoms with Crippen LogP contribution in [-0.2, 0) is 0 Å². The molecule has 0 aliphatic rings. The van der Waals surface area contributed by atoms with Gasteiger partial charge in [0.05, 0.1) is 12.8 Å². The van der Waals surface area contributed by atoms with Crippen LogP contribution in [0.4, 0.5) is 4.39 Å². The van der Waals surface area contributed by atoms with Crippen LogP contribution in [-0.4, -0.2) is 27.2 Å². The molecule has 0 aliphatic heterocycles. The van der Waals surface area contributed by atoms with Gasteiger partial charge in [0.2, 0.25) is 5.88 Å². The second-order valence-electron chi connectivity index (χ2n) is 3.65. The molecule has 0 aliphatic carbocycles. The Bertz CT molecular complexity index is 563. The van der Waals surface area contributed by atoms with Crippen LogP contribution in [0.25, 0.3) is 0 Å². The molecule has 1 unspecified atom stereocenters. The highest BCUT2D eigenvalue weighted by Gasteiger charge is 2.19. The van der Waals surface area contributed by atoms with E-state index in [2.05, 4.69) is 15.0 Å². The molecule has 18 heavy (non-hydrogen) atoms. The molecule has 0 spiro atoms. The molecule has 0 amide bonds. The Morgan fingerprint density at radius 3 is 2.67 bits per heavy atom. The van der Waals surface area contributed by atoms with Gasteiger partial charge in [-0.15, -0.1) is 0 Å². The van der Waals surface area contributed by atoms with Crippen LogP contribution in [0, 0.1) is 12.7 Å². The lowest BCUT2D eigenvalue weighted by molar-refractivity contribution is 0.207. The molecular weight excluding hydrogens is 237 g/mol. The number of aromatic nitrogens is 3. The summed E-state index contributed by atoms with van der Waals surface area (Å²) in [6, 6.07) is 2.92. The lowest BCUT2D eigenvalue weighted by Crippen LogP contribution is -2.07. The van der Waals surface area contributed by atoms with Gasteiger partial charge in [-0.05, 0) is 19.1 Å². The molecule has 1 atom stereocenters. The van der Waals surface area contributed by atoms with Gasteiger partial charge in [0.15, 0.2) is 5.82 Å². The Balaban J connectivity index is 2.43. The Morgan fingerprint density at radius 2 is 2.00 bits per heavy atom. The zero-order chi connectivity index (χ0) is 13.1. The first-order valence-electron chi connectivity index (χ1n) is 5.29. The quantitative estimate of drug-likeness (QED) is 0.890. The van der Waals surface area contributed by atoms with Crippen molar-refractivity contribution < 1.29 is 14.2 Å². The van der Waals surface area contributed by atoms with Gasteiger partial charge in [0.25, 0.3) is 0 Å². The summed E-state index contributed by atoms with van der Waals surface area (Å²) in [6.45, 7) is 1.69. The van der Waals surface area contributed by atoms with Crippen LogP contribution < -0.4 is 4.74 Å². The number of rotatable bonds is 3. The minimum absolute atomic E-state index is 0.0694. The summed E-state index contributed by atoms with van der Waals surface area (Å²) < 4.78 is 18.7. The second-order valence-corrected chi connectivity index (χ2v) is 3.65. The Hall–Kier alpha value is -2.08. The lowest BCUT2D eigenvalue weighted by atomic mass is 10.1. The normalized spacial score (nSPS) is 12.2. The monoisotopic (exact) mass is 249 g/mol. The third kappa shape index (κ3) is 2.28. The first-order chi connectivity index (χ1) is 8.63. The molecule has 6 heteroatoms. The molecule has 2 aromatic rings. The van der Waals surface area contributed by atoms with E-state index >= 15 is 0 Å². The standard InChI is InChI=1S/C12H12FN3O2/c1-7-14-6-4-9(16-7)11(17)8-3-5-15-12(18-2)10(8)13/h3-6,11,17H,1-2H3. The maximum Gasteiger partial charge on any atom is 0.250 e. The van der Waals surface area contributed by atoms with Gasteiger partial charge in [0.1, 0.15) is 11.9 Å². The molecule has 2 aromatic heterocycles. The van der Waals surface area contributed by atoms with E-state index in [9.17, 15) is 9.50 Å². The van der Waals surface area contributed by atoms with Crippen LogP contribution in [0.2, 0.25) is 0 Å². The van der Waals surface area contributed by atoms with E-state index in [1.807, 2.05) is 0 Å². The fraction of sp³-hybridized carbons (Fsp3) is 0.250. The number of aryl methyl sites for hydroxylation is 1. The number of hydrogen-bond acceptors (Lipinski definition) is 5. The first kappa shape index (κ1) is 12.4. The summed E-state index contributed by atoms with van der Waals surface area (Å²) in [5.74, 6) is -0.339. The van der Waals surface area contributed by atoms with E-state index in [1.165, 1.54) is 31.6 Å². The molecule has 0 bridgehead atoms. The number of hydrogen-bond donors (Lipinski definition) is 1. The van der Waals surface area contributed by atoms with E-state index in [1.54, 1.807) is 6.92 Å². The maximum absolute atomic E-state index is 13.9. The summed E-state index contributed by atoms with van der Waals surface area (Å²) in [5, 5.41) is 10.1. The van der Waals surface area contributed by atoms with Crippen molar-refractivity contribution in [1.82, 2.24) is 15.0 Å². The number of aliphatic hydroxyl groups is 1. The van der Waals surface area contributed by atoms with Crippen LogP contribution in [0.1, 0.15) is 23.2 Å². The zero-order valence-electron chi connectivity index (χ0n) is 9.96. The van der Waals surface area contributed by atoms with Crippen molar-refractivity contribution in [3.63, 3.8) is 0 Å². The fourth-order valence-electron chi connectivity index (χ4n) is 1.58.